The van der Waals surface area contributed by atoms with Crippen LogP contribution in [0, 0.1) is 0 Å². The molecule has 6 heteroatoms. The maximum Gasteiger partial charge on any atom is 0.295 e. The number of amides is 1. The molecule has 0 spiro atoms. The van der Waals surface area contributed by atoms with Gasteiger partial charge in [0.2, 0.25) is 0 Å². The summed E-state index contributed by atoms with van der Waals surface area (Å²) < 4.78 is 10.8. The van der Waals surface area contributed by atoms with Gasteiger partial charge >= 0.3 is 0 Å². The maximum absolute atomic E-state index is 13.2. The summed E-state index contributed by atoms with van der Waals surface area (Å²) in [6, 6.07) is 14.2. The lowest BCUT2D eigenvalue weighted by atomic mass is 9.85. The molecule has 0 saturated carbocycles. The summed E-state index contributed by atoms with van der Waals surface area (Å²) >= 11 is 0. The molecule has 2 aromatic rings. The van der Waals surface area contributed by atoms with Gasteiger partial charge in [-0.2, -0.15) is 0 Å². The summed E-state index contributed by atoms with van der Waals surface area (Å²) in [7, 11) is 1.60. The average Bonchev–Trinajstić information content (AvgIpc) is 3.07. The number of ketones is 1. The van der Waals surface area contributed by atoms with Gasteiger partial charge in [-0.1, -0.05) is 64.1 Å². The van der Waals surface area contributed by atoms with Crippen molar-refractivity contribution in [3.63, 3.8) is 0 Å². The first kappa shape index (κ1) is 25.5. The third-order valence-corrected chi connectivity index (χ3v) is 5.96. The van der Waals surface area contributed by atoms with E-state index >= 15 is 0 Å². The molecular weight excluding hydrogens is 430 g/mol. The highest BCUT2D eigenvalue weighted by atomic mass is 16.5. The Hall–Kier alpha value is -3.12. The van der Waals surface area contributed by atoms with Crippen LogP contribution in [0.3, 0.4) is 0 Å². The van der Waals surface area contributed by atoms with Crippen LogP contribution in [0.1, 0.15) is 63.3 Å². The third kappa shape index (κ3) is 5.50. The maximum atomic E-state index is 13.2. The second kappa shape index (κ2) is 10.9. The molecule has 1 atom stereocenters. The molecular formula is C28H35NO5. The predicted molar refractivity (Wildman–Crippen MR) is 133 cm³/mol. The summed E-state index contributed by atoms with van der Waals surface area (Å²) in [6.45, 7) is 9.77. The number of aliphatic hydroxyl groups is 1. The van der Waals surface area contributed by atoms with Crippen LogP contribution in [0.25, 0.3) is 5.76 Å². The normalized spacial score (nSPS) is 17.9. The number of Topliss-reactive ketones (excluding diaryl/α,β-unsaturated/α-hetero) is 1. The van der Waals surface area contributed by atoms with E-state index in [1.54, 1.807) is 31.4 Å². The van der Waals surface area contributed by atoms with Gasteiger partial charge in [0.15, 0.2) is 0 Å². The van der Waals surface area contributed by atoms with Crippen molar-refractivity contribution in [1.29, 1.82) is 0 Å². The van der Waals surface area contributed by atoms with E-state index in [1.807, 2.05) is 31.2 Å². The number of aliphatic hydroxyl groups excluding tert-OH is 1. The van der Waals surface area contributed by atoms with Gasteiger partial charge in [-0.25, -0.2) is 0 Å². The first-order valence-corrected chi connectivity index (χ1v) is 11.8. The number of rotatable bonds is 9. The quantitative estimate of drug-likeness (QED) is 0.237. The fraction of sp³-hybridized carbons (Fsp3) is 0.429. The minimum absolute atomic E-state index is 0.0300. The van der Waals surface area contributed by atoms with E-state index in [9.17, 15) is 14.7 Å². The SMILES string of the molecule is CCCOc1cccc(/C(O)=C2/C(=O)C(=O)N(CCCOC)C2c2ccc(C(C)(C)C)cc2)c1. The van der Waals surface area contributed by atoms with E-state index in [-0.39, 0.29) is 16.7 Å². The second-order valence-electron chi connectivity index (χ2n) is 9.59. The fourth-order valence-electron chi connectivity index (χ4n) is 4.11. The first-order chi connectivity index (χ1) is 16.2. The molecule has 0 aliphatic carbocycles. The zero-order chi connectivity index (χ0) is 24.9. The van der Waals surface area contributed by atoms with E-state index in [1.165, 1.54) is 4.90 Å². The van der Waals surface area contributed by atoms with Crippen LogP contribution >= 0.6 is 0 Å². The summed E-state index contributed by atoms with van der Waals surface area (Å²) in [6.07, 6.45) is 1.44. The van der Waals surface area contributed by atoms with Crippen molar-refractivity contribution < 1.29 is 24.2 Å². The summed E-state index contributed by atoms with van der Waals surface area (Å²) in [4.78, 5) is 27.7. The number of ether oxygens (including phenoxy) is 2. The third-order valence-electron chi connectivity index (χ3n) is 5.96. The molecule has 1 saturated heterocycles. The minimum atomic E-state index is -0.681. The van der Waals surface area contributed by atoms with Gasteiger partial charge in [-0.05, 0) is 41.5 Å². The molecule has 1 N–H and O–H groups in total. The Morgan fingerprint density at radius 1 is 1.06 bits per heavy atom. The van der Waals surface area contributed by atoms with Crippen molar-refractivity contribution in [2.45, 2.75) is 52.0 Å². The van der Waals surface area contributed by atoms with E-state index in [0.717, 1.165) is 17.5 Å². The van der Waals surface area contributed by atoms with Gasteiger partial charge in [0.05, 0.1) is 18.2 Å². The first-order valence-electron chi connectivity index (χ1n) is 11.8. The van der Waals surface area contributed by atoms with E-state index in [4.69, 9.17) is 9.47 Å². The highest BCUT2D eigenvalue weighted by Gasteiger charge is 2.45. The Morgan fingerprint density at radius 3 is 2.38 bits per heavy atom. The lowest BCUT2D eigenvalue weighted by Gasteiger charge is -2.26. The number of benzene rings is 2. The summed E-state index contributed by atoms with van der Waals surface area (Å²) in [5.74, 6) is -0.883. The fourth-order valence-corrected chi connectivity index (χ4v) is 4.11. The van der Waals surface area contributed by atoms with Crippen LogP contribution in [-0.2, 0) is 19.7 Å². The zero-order valence-electron chi connectivity index (χ0n) is 20.8. The van der Waals surface area contributed by atoms with Crippen LogP contribution in [0.2, 0.25) is 0 Å². The molecule has 0 radical (unpaired) electrons. The Kier molecular flexibility index (Phi) is 8.15. The summed E-state index contributed by atoms with van der Waals surface area (Å²) in [5.41, 5.74) is 2.44. The molecule has 1 amide bonds. The van der Waals surface area contributed by atoms with Crippen molar-refractivity contribution in [2.75, 3.05) is 26.9 Å². The Bertz CT molecular complexity index is 1050. The lowest BCUT2D eigenvalue weighted by molar-refractivity contribution is -0.140. The minimum Gasteiger partial charge on any atom is -0.507 e. The second-order valence-corrected chi connectivity index (χ2v) is 9.59. The van der Waals surface area contributed by atoms with Crippen molar-refractivity contribution >= 4 is 17.4 Å². The average molecular weight is 466 g/mol. The van der Waals surface area contributed by atoms with E-state index in [2.05, 4.69) is 20.8 Å². The zero-order valence-corrected chi connectivity index (χ0v) is 20.8. The van der Waals surface area contributed by atoms with E-state index < -0.39 is 17.7 Å². The predicted octanol–water partition coefficient (Wildman–Crippen LogP) is 5.23. The number of likely N-dealkylation sites (tertiary alicyclic amines) is 1. The van der Waals surface area contributed by atoms with Crippen LogP contribution < -0.4 is 4.74 Å². The Balaban J connectivity index is 2.09. The highest BCUT2D eigenvalue weighted by Crippen LogP contribution is 2.40. The number of hydrogen-bond donors (Lipinski definition) is 1. The van der Waals surface area contributed by atoms with Gasteiger partial charge in [0, 0.05) is 25.8 Å². The standard InChI is InChI=1S/C28H35NO5/c1-6-16-34-22-10-7-9-20(18-22)25(30)23-24(19-11-13-21(14-12-19)28(2,3)4)29(15-8-17-33-5)27(32)26(23)31/h7,9-14,18,24,30H,6,8,15-17H2,1-5H3/b25-23-. The molecule has 6 nitrogen and oxygen atoms in total. The van der Waals surface area contributed by atoms with Crippen LogP contribution in [0.5, 0.6) is 5.75 Å². The van der Waals surface area contributed by atoms with Gasteiger partial charge in [0.25, 0.3) is 11.7 Å². The molecule has 1 aliphatic heterocycles. The van der Waals surface area contributed by atoms with Crippen LogP contribution in [0.4, 0.5) is 0 Å². The number of hydrogen-bond acceptors (Lipinski definition) is 5. The number of nitrogens with zero attached hydrogens (tertiary/aromatic N) is 1. The van der Waals surface area contributed by atoms with Gasteiger partial charge in [-0.15, -0.1) is 0 Å². The molecule has 1 heterocycles. The topological polar surface area (TPSA) is 76.1 Å². The lowest BCUT2D eigenvalue weighted by Crippen LogP contribution is -2.31. The van der Waals surface area contributed by atoms with Crippen molar-refractivity contribution in [3.8, 4) is 5.75 Å². The van der Waals surface area contributed by atoms with Crippen LogP contribution in [-0.4, -0.2) is 48.6 Å². The van der Waals surface area contributed by atoms with Gasteiger partial charge in [0.1, 0.15) is 11.5 Å². The number of carbonyl (C=O) groups is 2. The molecule has 1 fully saturated rings. The largest absolute Gasteiger partial charge is 0.507 e. The Morgan fingerprint density at radius 2 is 1.76 bits per heavy atom. The molecule has 34 heavy (non-hydrogen) atoms. The molecule has 0 bridgehead atoms. The highest BCUT2D eigenvalue weighted by molar-refractivity contribution is 6.46. The number of carbonyl (C=O) groups excluding carboxylic acids is 2. The van der Waals surface area contributed by atoms with Gasteiger partial charge in [-0.3, -0.25) is 9.59 Å². The molecule has 2 aromatic carbocycles. The van der Waals surface area contributed by atoms with Crippen LogP contribution in [0.15, 0.2) is 54.1 Å². The molecule has 1 aliphatic rings. The molecule has 1 unspecified atom stereocenters. The monoisotopic (exact) mass is 465 g/mol. The van der Waals surface area contributed by atoms with Crippen molar-refractivity contribution in [2.24, 2.45) is 0 Å². The van der Waals surface area contributed by atoms with E-state index in [0.29, 0.717) is 37.5 Å². The summed E-state index contributed by atoms with van der Waals surface area (Å²) in [5, 5.41) is 11.3. The number of methoxy groups -OCH3 is 1. The molecule has 3 rings (SSSR count). The van der Waals surface area contributed by atoms with Gasteiger partial charge < -0.3 is 19.5 Å². The Labute approximate surface area is 202 Å². The van der Waals surface area contributed by atoms with Crippen molar-refractivity contribution in [1.82, 2.24) is 4.90 Å². The van der Waals surface area contributed by atoms with Crippen molar-refractivity contribution in [3.05, 3.63) is 70.8 Å². The molecule has 0 aromatic heterocycles. The molecule has 182 valence electrons. The smallest absolute Gasteiger partial charge is 0.295 e.